The van der Waals surface area contributed by atoms with Crippen LogP contribution in [0, 0.1) is 0 Å². The summed E-state index contributed by atoms with van der Waals surface area (Å²) < 4.78 is 10.4. The summed E-state index contributed by atoms with van der Waals surface area (Å²) in [6.45, 7) is 0. The largest absolute Gasteiger partial charge is 0.496 e. The van der Waals surface area contributed by atoms with Crippen molar-refractivity contribution < 1.29 is 9.47 Å². The zero-order valence-electron chi connectivity index (χ0n) is 11.5. The first-order chi connectivity index (χ1) is 9.63. The van der Waals surface area contributed by atoms with E-state index < -0.39 is 0 Å². The lowest BCUT2D eigenvalue weighted by molar-refractivity contribution is 0.397. The highest BCUT2D eigenvalue weighted by atomic mass is 35.5. The molecule has 1 atom stereocenters. The molecule has 106 valence electrons. The number of benzene rings is 1. The summed E-state index contributed by atoms with van der Waals surface area (Å²) in [6, 6.07) is 9.00. The first-order valence-corrected chi connectivity index (χ1v) is 6.59. The summed E-state index contributed by atoms with van der Waals surface area (Å²) >= 11 is 6.02. The van der Waals surface area contributed by atoms with Crippen LogP contribution in [0.3, 0.4) is 0 Å². The van der Waals surface area contributed by atoms with Gasteiger partial charge in [0, 0.05) is 28.9 Å². The van der Waals surface area contributed by atoms with Crippen LogP contribution in [0.2, 0.25) is 5.02 Å². The zero-order valence-corrected chi connectivity index (χ0v) is 12.2. The molecule has 0 spiro atoms. The summed E-state index contributed by atoms with van der Waals surface area (Å²) in [7, 11) is 3.21. The van der Waals surface area contributed by atoms with Crippen LogP contribution < -0.4 is 15.2 Å². The van der Waals surface area contributed by atoms with Crippen LogP contribution in [0.1, 0.15) is 17.2 Å². The van der Waals surface area contributed by atoms with Gasteiger partial charge in [-0.25, -0.2) is 4.98 Å². The van der Waals surface area contributed by atoms with Crippen LogP contribution in [-0.2, 0) is 6.42 Å². The molecule has 0 radical (unpaired) electrons. The summed E-state index contributed by atoms with van der Waals surface area (Å²) in [5.41, 5.74) is 8.16. The standard InChI is InChI=1S/C15H17ClN2O2/c1-19-14-5-4-11(16)8-12(14)13(17)7-10-3-6-15(20-2)18-9-10/h3-6,8-9,13H,7,17H2,1-2H3. The number of aromatic nitrogens is 1. The average molecular weight is 293 g/mol. The maximum atomic E-state index is 6.25. The summed E-state index contributed by atoms with van der Waals surface area (Å²) in [5.74, 6) is 1.33. The Labute approximate surface area is 123 Å². The highest BCUT2D eigenvalue weighted by Crippen LogP contribution is 2.29. The Kier molecular flexibility index (Phi) is 4.82. The van der Waals surface area contributed by atoms with E-state index in [0.717, 1.165) is 16.9 Å². The van der Waals surface area contributed by atoms with Gasteiger partial charge in [-0.2, -0.15) is 0 Å². The van der Waals surface area contributed by atoms with Crippen molar-refractivity contribution in [2.24, 2.45) is 5.73 Å². The molecule has 1 aromatic heterocycles. The second kappa shape index (κ2) is 6.59. The number of halogens is 1. The summed E-state index contributed by atoms with van der Waals surface area (Å²) in [6.07, 6.45) is 2.41. The lowest BCUT2D eigenvalue weighted by Gasteiger charge is -2.16. The molecule has 0 fully saturated rings. The number of hydrogen-bond acceptors (Lipinski definition) is 4. The van der Waals surface area contributed by atoms with Gasteiger partial charge in [-0.1, -0.05) is 17.7 Å². The first-order valence-electron chi connectivity index (χ1n) is 6.22. The SMILES string of the molecule is COc1ccc(CC(N)c2cc(Cl)ccc2OC)cn1. The molecule has 2 N–H and O–H groups in total. The molecule has 0 saturated carbocycles. The Bertz CT molecular complexity index is 573. The van der Waals surface area contributed by atoms with Crippen LogP contribution in [-0.4, -0.2) is 19.2 Å². The molecule has 0 aliphatic rings. The van der Waals surface area contributed by atoms with E-state index in [9.17, 15) is 0 Å². The molecule has 0 amide bonds. The fourth-order valence-electron chi connectivity index (χ4n) is 2.01. The molecule has 1 unspecified atom stereocenters. The maximum absolute atomic E-state index is 6.25. The van der Waals surface area contributed by atoms with Crippen molar-refractivity contribution in [1.29, 1.82) is 0 Å². The fourth-order valence-corrected chi connectivity index (χ4v) is 2.19. The van der Waals surface area contributed by atoms with Crippen molar-refractivity contribution in [3.05, 3.63) is 52.7 Å². The molecule has 2 rings (SSSR count). The fraction of sp³-hybridized carbons (Fsp3) is 0.267. The molecule has 1 heterocycles. The van der Waals surface area contributed by atoms with Crippen molar-refractivity contribution in [1.82, 2.24) is 4.98 Å². The highest BCUT2D eigenvalue weighted by molar-refractivity contribution is 6.30. The highest BCUT2D eigenvalue weighted by Gasteiger charge is 2.13. The van der Waals surface area contributed by atoms with Gasteiger partial charge in [-0.15, -0.1) is 0 Å². The quantitative estimate of drug-likeness (QED) is 0.920. The average Bonchev–Trinajstić information content (AvgIpc) is 2.48. The minimum Gasteiger partial charge on any atom is -0.496 e. The van der Waals surface area contributed by atoms with E-state index in [4.69, 9.17) is 26.8 Å². The molecule has 0 bridgehead atoms. The Morgan fingerprint density at radius 2 is 2.00 bits per heavy atom. The monoisotopic (exact) mass is 292 g/mol. The number of ether oxygens (including phenoxy) is 2. The number of pyridine rings is 1. The van der Waals surface area contributed by atoms with Gasteiger partial charge >= 0.3 is 0 Å². The predicted octanol–water partition coefficient (Wildman–Crippen LogP) is 2.99. The van der Waals surface area contributed by atoms with Crippen molar-refractivity contribution in [3.8, 4) is 11.6 Å². The van der Waals surface area contributed by atoms with Gasteiger partial charge in [0.05, 0.1) is 14.2 Å². The molecule has 5 heteroatoms. The van der Waals surface area contributed by atoms with E-state index >= 15 is 0 Å². The van der Waals surface area contributed by atoms with Gasteiger partial charge in [0.2, 0.25) is 5.88 Å². The number of methoxy groups -OCH3 is 2. The number of nitrogens with zero attached hydrogens (tertiary/aromatic N) is 1. The molecular weight excluding hydrogens is 276 g/mol. The molecule has 0 aliphatic heterocycles. The van der Waals surface area contributed by atoms with Crippen molar-refractivity contribution in [2.45, 2.75) is 12.5 Å². The van der Waals surface area contributed by atoms with Crippen molar-refractivity contribution in [3.63, 3.8) is 0 Å². The summed E-state index contributed by atoms with van der Waals surface area (Å²) in [5, 5.41) is 0.643. The van der Waals surface area contributed by atoms with Gasteiger partial charge in [0.15, 0.2) is 0 Å². The smallest absolute Gasteiger partial charge is 0.212 e. The van der Waals surface area contributed by atoms with E-state index in [1.807, 2.05) is 24.3 Å². The minimum absolute atomic E-state index is 0.209. The topological polar surface area (TPSA) is 57.4 Å². The maximum Gasteiger partial charge on any atom is 0.212 e. The van der Waals surface area contributed by atoms with Gasteiger partial charge < -0.3 is 15.2 Å². The number of rotatable bonds is 5. The van der Waals surface area contributed by atoms with Gasteiger partial charge in [0.25, 0.3) is 0 Å². The van der Waals surface area contributed by atoms with Crippen molar-refractivity contribution >= 4 is 11.6 Å². The third-order valence-electron chi connectivity index (χ3n) is 3.05. The van der Waals surface area contributed by atoms with Crippen LogP contribution in [0.5, 0.6) is 11.6 Å². The Morgan fingerprint density at radius 3 is 2.60 bits per heavy atom. The van der Waals surface area contributed by atoms with Crippen LogP contribution >= 0.6 is 11.6 Å². The normalized spacial score (nSPS) is 12.0. The van der Waals surface area contributed by atoms with Gasteiger partial charge in [-0.3, -0.25) is 0 Å². The van der Waals surface area contributed by atoms with Crippen LogP contribution in [0.4, 0.5) is 0 Å². The van der Waals surface area contributed by atoms with E-state index in [-0.39, 0.29) is 6.04 Å². The molecule has 1 aromatic carbocycles. The minimum atomic E-state index is -0.209. The molecule has 2 aromatic rings. The first kappa shape index (κ1) is 14.6. The molecule has 0 aliphatic carbocycles. The number of nitrogens with two attached hydrogens (primary N) is 1. The van der Waals surface area contributed by atoms with E-state index in [0.29, 0.717) is 17.3 Å². The van der Waals surface area contributed by atoms with Gasteiger partial charge in [0.1, 0.15) is 5.75 Å². The molecular formula is C15H17ClN2O2. The Balaban J connectivity index is 2.18. The predicted molar refractivity (Wildman–Crippen MR) is 79.4 cm³/mol. The molecule has 20 heavy (non-hydrogen) atoms. The van der Waals surface area contributed by atoms with Crippen molar-refractivity contribution in [2.75, 3.05) is 14.2 Å². The number of hydrogen-bond donors (Lipinski definition) is 1. The second-order valence-electron chi connectivity index (χ2n) is 4.41. The van der Waals surface area contributed by atoms with E-state index in [2.05, 4.69) is 4.98 Å². The van der Waals surface area contributed by atoms with E-state index in [1.165, 1.54) is 0 Å². The molecule has 0 saturated heterocycles. The molecule has 4 nitrogen and oxygen atoms in total. The Hall–Kier alpha value is -1.78. The second-order valence-corrected chi connectivity index (χ2v) is 4.84. The van der Waals surface area contributed by atoms with Crippen LogP contribution in [0.15, 0.2) is 36.5 Å². The van der Waals surface area contributed by atoms with Gasteiger partial charge in [-0.05, 0) is 30.2 Å². The lowest BCUT2D eigenvalue weighted by Crippen LogP contribution is -2.14. The van der Waals surface area contributed by atoms with E-state index in [1.54, 1.807) is 26.5 Å². The lowest BCUT2D eigenvalue weighted by atomic mass is 10.00. The third kappa shape index (κ3) is 3.40. The van der Waals surface area contributed by atoms with Crippen LogP contribution in [0.25, 0.3) is 0 Å². The summed E-state index contributed by atoms with van der Waals surface area (Å²) in [4.78, 5) is 4.17. The third-order valence-corrected chi connectivity index (χ3v) is 3.29. The zero-order chi connectivity index (χ0) is 14.5. The Morgan fingerprint density at radius 1 is 1.20 bits per heavy atom.